The standard InChI is InChI=1S/C18H25N3O4/c1-13(2)21(12-16(22)23)17(24)14-7-6-10-20(11-14)18(25)19-15-8-4-3-5-9-15/h3-5,8-9,13-14H,6-7,10-12H2,1-2H3,(H,19,25)(H,22,23). The number of rotatable bonds is 5. The van der Waals surface area contributed by atoms with Crippen molar-refractivity contribution in [1.82, 2.24) is 9.80 Å². The number of urea groups is 1. The molecule has 1 heterocycles. The van der Waals surface area contributed by atoms with E-state index in [9.17, 15) is 14.4 Å². The Bertz CT molecular complexity index is 618. The van der Waals surface area contributed by atoms with Crippen molar-refractivity contribution in [3.8, 4) is 0 Å². The van der Waals surface area contributed by atoms with Gasteiger partial charge in [-0.3, -0.25) is 9.59 Å². The summed E-state index contributed by atoms with van der Waals surface area (Å²) >= 11 is 0. The van der Waals surface area contributed by atoms with E-state index in [-0.39, 0.29) is 30.4 Å². The fraction of sp³-hybridized carbons (Fsp3) is 0.500. The third kappa shape index (κ3) is 5.20. The number of nitrogens with one attached hydrogen (secondary N) is 1. The Hall–Kier alpha value is -2.57. The lowest BCUT2D eigenvalue weighted by Crippen LogP contribution is -2.50. The SMILES string of the molecule is CC(C)N(CC(=O)O)C(=O)C1CCCN(C(=O)Nc2ccccc2)C1. The summed E-state index contributed by atoms with van der Waals surface area (Å²) in [4.78, 5) is 39.1. The Morgan fingerprint density at radius 3 is 2.56 bits per heavy atom. The molecule has 3 amide bonds. The molecule has 1 saturated heterocycles. The minimum atomic E-state index is -1.03. The average Bonchev–Trinajstić information content (AvgIpc) is 2.59. The van der Waals surface area contributed by atoms with Gasteiger partial charge in [-0.25, -0.2) is 4.79 Å². The van der Waals surface area contributed by atoms with Gasteiger partial charge in [-0.15, -0.1) is 0 Å². The van der Waals surface area contributed by atoms with Gasteiger partial charge < -0.3 is 20.2 Å². The van der Waals surface area contributed by atoms with Crippen LogP contribution in [-0.2, 0) is 9.59 Å². The van der Waals surface area contributed by atoms with Crippen LogP contribution in [-0.4, -0.2) is 58.5 Å². The number of carboxylic acid groups (broad SMARTS) is 1. The molecule has 0 radical (unpaired) electrons. The number of carbonyl (C=O) groups excluding carboxylic acids is 2. The van der Waals surface area contributed by atoms with Crippen LogP contribution in [0.2, 0.25) is 0 Å². The summed E-state index contributed by atoms with van der Waals surface area (Å²) in [5.41, 5.74) is 0.704. The molecule has 0 bridgehead atoms. The van der Waals surface area contributed by atoms with Crippen LogP contribution in [0.1, 0.15) is 26.7 Å². The van der Waals surface area contributed by atoms with Gasteiger partial charge in [0.25, 0.3) is 0 Å². The zero-order valence-electron chi connectivity index (χ0n) is 14.6. The lowest BCUT2D eigenvalue weighted by Gasteiger charge is -2.35. The maximum Gasteiger partial charge on any atom is 0.323 e. The number of hydrogen-bond donors (Lipinski definition) is 2. The van der Waals surface area contributed by atoms with Gasteiger partial charge in [0.05, 0.1) is 5.92 Å². The predicted molar refractivity (Wildman–Crippen MR) is 94.2 cm³/mol. The number of likely N-dealkylation sites (tertiary alicyclic amines) is 1. The molecule has 0 spiro atoms. The first-order valence-electron chi connectivity index (χ1n) is 8.51. The van der Waals surface area contributed by atoms with Gasteiger partial charge in [0, 0.05) is 24.8 Å². The number of benzene rings is 1. The lowest BCUT2D eigenvalue weighted by atomic mass is 9.96. The van der Waals surface area contributed by atoms with E-state index < -0.39 is 5.97 Å². The largest absolute Gasteiger partial charge is 0.480 e. The summed E-state index contributed by atoms with van der Waals surface area (Å²) in [7, 11) is 0. The van der Waals surface area contributed by atoms with E-state index in [1.165, 1.54) is 4.90 Å². The second kappa shape index (κ2) is 8.50. The smallest absolute Gasteiger partial charge is 0.323 e. The van der Waals surface area contributed by atoms with Crippen LogP contribution >= 0.6 is 0 Å². The molecular formula is C18H25N3O4. The number of hydrogen-bond acceptors (Lipinski definition) is 3. The van der Waals surface area contributed by atoms with Crippen LogP contribution in [0.4, 0.5) is 10.5 Å². The summed E-state index contributed by atoms with van der Waals surface area (Å²) in [6.07, 6.45) is 1.38. The van der Waals surface area contributed by atoms with E-state index >= 15 is 0 Å². The molecule has 136 valence electrons. The molecular weight excluding hydrogens is 322 g/mol. The lowest BCUT2D eigenvalue weighted by molar-refractivity contribution is -0.148. The number of para-hydroxylation sites is 1. The van der Waals surface area contributed by atoms with Crippen molar-refractivity contribution < 1.29 is 19.5 Å². The second-order valence-corrected chi connectivity index (χ2v) is 6.53. The molecule has 7 nitrogen and oxygen atoms in total. The number of anilines is 1. The number of aliphatic carboxylic acids is 1. The predicted octanol–water partition coefficient (Wildman–Crippen LogP) is 2.25. The molecule has 1 aromatic rings. The van der Waals surface area contributed by atoms with Gasteiger partial charge in [0.15, 0.2) is 0 Å². The zero-order chi connectivity index (χ0) is 18.4. The third-order valence-corrected chi connectivity index (χ3v) is 4.29. The van der Waals surface area contributed by atoms with Gasteiger partial charge >= 0.3 is 12.0 Å². The topological polar surface area (TPSA) is 90.0 Å². The molecule has 0 aliphatic carbocycles. The highest BCUT2D eigenvalue weighted by Crippen LogP contribution is 2.21. The maximum atomic E-state index is 12.7. The Balaban J connectivity index is 2.00. The van der Waals surface area contributed by atoms with Crippen molar-refractivity contribution >= 4 is 23.6 Å². The van der Waals surface area contributed by atoms with E-state index in [1.807, 2.05) is 18.2 Å². The van der Waals surface area contributed by atoms with Crippen molar-refractivity contribution in [3.05, 3.63) is 30.3 Å². The van der Waals surface area contributed by atoms with Crippen LogP contribution in [0, 0.1) is 5.92 Å². The highest BCUT2D eigenvalue weighted by atomic mass is 16.4. The number of nitrogens with zero attached hydrogens (tertiary/aromatic N) is 2. The molecule has 1 aliphatic heterocycles. The van der Waals surface area contributed by atoms with Crippen molar-refractivity contribution in [2.75, 3.05) is 25.0 Å². The molecule has 0 saturated carbocycles. The highest BCUT2D eigenvalue weighted by molar-refractivity contribution is 5.90. The van der Waals surface area contributed by atoms with Gasteiger partial charge in [-0.2, -0.15) is 0 Å². The monoisotopic (exact) mass is 347 g/mol. The summed E-state index contributed by atoms with van der Waals surface area (Å²) in [6.45, 7) is 4.17. The Morgan fingerprint density at radius 1 is 1.28 bits per heavy atom. The fourth-order valence-electron chi connectivity index (χ4n) is 2.98. The van der Waals surface area contributed by atoms with E-state index in [0.717, 1.165) is 6.42 Å². The van der Waals surface area contributed by atoms with Crippen molar-refractivity contribution in [2.45, 2.75) is 32.7 Å². The summed E-state index contributed by atoms with van der Waals surface area (Å²) < 4.78 is 0. The number of carboxylic acids is 1. The van der Waals surface area contributed by atoms with Crippen LogP contribution in [0.15, 0.2) is 30.3 Å². The first-order valence-corrected chi connectivity index (χ1v) is 8.51. The minimum Gasteiger partial charge on any atom is -0.480 e. The summed E-state index contributed by atoms with van der Waals surface area (Å²) in [6, 6.07) is 8.72. The highest BCUT2D eigenvalue weighted by Gasteiger charge is 2.33. The van der Waals surface area contributed by atoms with Crippen molar-refractivity contribution in [2.24, 2.45) is 5.92 Å². The molecule has 7 heteroatoms. The molecule has 2 N–H and O–H groups in total. The number of amides is 3. The van der Waals surface area contributed by atoms with E-state index in [1.54, 1.807) is 30.9 Å². The maximum absolute atomic E-state index is 12.7. The molecule has 1 aromatic carbocycles. The zero-order valence-corrected chi connectivity index (χ0v) is 14.6. The van der Waals surface area contributed by atoms with Crippen molar-refractivity contribution in [3.63, 3.8) is 0 Å². The van der Waals surface area contributed by atoms with Gasteiger partial charge in [0.2, 0.25) is 5.91 Å². The molecule has 1 fully saturated rings. The quantitative estimate of drug-likeness (QED) is 0.855. The van der Waals surface area contributed by atoms with Crippen LogP contribution < -0.4 is 5.32 Å². The molecule has 1 unspecified atom stereocenters. The van der Waals surface area contributed by atoms with Crippen LogP contribution in [0.5, 0.6) is 0 Å². The normalized spacial score (nSPS) is 17.2. The first-order chi connectivity index (χ1) is 11.9. The van der Waals surface area contributed by atoms with Crippen molar-refractivity contribution in [1.29, 1.82) is 0 Å². The molecule has 1 aliphatic rings. The summed E-state index contributed by atoms with van der Waals surface area (Å²) in [5, 5.41) is 11.8. The summed E-state index contributed by atoms with van der Waals surface area (Å²) in [5.74, 6) is -1.59. The molecule has 1 atom stereocenters. The Kier molecular flexibility index (Phi) is 6.38. The Labute approximate surface area is 147 Å². The van der Waals surface area contributed by atoms with E-state index in [4.69, 9.17) is 5.11 Å². The fourth-order valence-corrected chi connectivity index (χ4v) is 2.98. The molecule has 2 rings (SSSR count). The number of carbonyl (C=O) groups is 3. The molecule has 0 aromatic heterocycles. The van der Waals surface area contributed by atoms with Gasteiger partial charge in [0.1, 0.15) is 6.54 Å². The van der Waals surface area contributed by atoms with Gasteiger partial charge in [-0.1, -0.05) is 18.2 Å². The minimum absolute atomic E-state index is 0.197. The first kappa shape index (κ1) is 18.8. The van der Waals surface area contributed by atoms with E-state index in [0.29, 0.717) is 25.2 Å². The van der Waals surface area contributed by atoms with Crippen LogP contribution in [0.25, 0.3) is 0 Å². The van der Waals surface area contributed by atoms with E-state index in [2.05, 4.69) is 5.32 Å². The third-order valence-electron chi connectivity index (χ3n) is 4.29. The van der Waals surface area contributed by atoms with Gasteiger partial charge in [-0.05, 0) is 38.8 Å². The average molecular weight is 347 g/mol. The second-order valence-electron chi connectivity index (χ2n) is 6.53. The number of piperidine rings is 1. The van der Waals surface area contributed by atoms with Crippen LogP contribution in [0.3, 0.4) is 0 Å². The molecule has 25 heavy (non-hydrogen) atoms. The Morgan fingerprint density at radius 2 is 1.96 bits per heavy atom.